The normalized spacial score (nSPS) is 15.2. The van der Waals surface area contributed by atoms with Crippen molar-refractivity contribution in [3.63, 3.8) is 0 Å². The molecule has 4 rings (SSSR count). The number of sulfone groups is 1. The minimum atomic E-state index is -3.31. The molecule has 0 amide bonds. The van der Waals surface area contributed by atoms with Gasteiger partial charge in [-0.2, -0.15) is 0 Å². The van der Waals surface area contributed by atoms with Crippen LogP contribution in [0.3, 0.4) is 0 Å². The van der Waals surface area contributed by atoms with E-state index in [9.17, 15) is 13.5 Å². The van der Waals surface area contributed by atoms with Crippen molar-refractivity contribution < 1.29 is 13.5 Å². The van der Waals surface area contributed by atoms with Crippen molar-refractivity contribution in [3.8, 4) is 5.75 Å². The average molecular weight is 437 g/mol. The fourth-order valence-corrected chi connectivity index (χ4v) is 5.21. The molecule has 0 aliphatic carbocycles. The lowest BCUT2D eigenvalue weighted by molar-refractivity contribution is 0.474. The maximum Gasteiger partial charge on any atom is 0.227 e. The second-order valence-corrected chi connectivity index (χ2v) is 9.60. The lowest BCUT2D eigenvalue weighted by atomic mass is 10.1. The van der Waals surface area contributed by atoms with Gasteiger partial charge in [-0.3, -0.25) is 0 Å². The first-order chi connectivity index (χ1) is 15.0. The van der Waals surface area contributed by atoms with E-state index in [1.54, 1.807) is 54.9 Å². The molecule has 2 aromatic carbocycles. The molecule has 31 heavy (non-hydrogen) atoms. The highest BCUT2D eigenvalue weighted by Crippen LogP contribution is 2.24. The third kappa shape index (κ3) is 5.10. The van der Waals surface area contributed by atoms with E-state index in [0.29, 0.717) is 34.9 Å². The number of benzene rings is 2. The standard InChI is InChI=1S/C23H24N4O3S/c28-22-4-2-1-3-18(22)6-5-17-15-25-23(26-16-17)27-19-7-9-20(10-8-19)31(29,30)21-11-13-24-14-12-21/h1-10,15-16,21,24,28H,11-14H2,(H,25,26,27). The van der Waals surface area contributed by atoms with Gasteiger partial charge in [-0.15, -0.1) is 0 Å². The van der Waals surface area contributed by atoms with Gasteiger partial charge in [-0.25, -0.2) is 18.4 Å². The van der Waals surface area contributed by atoms with Crippen LogP contribution in [0.1, 0.15) is 24.0 Å². The summed E-state index contributed by atoms with van der Waals surface area (Å²) in [6.45, 7) is 1.47. The molecular formula is C23H24N4O3S. The molecule has 0 spiro atoms. The molecule has 0 radical (unpaired) electrons. The van der Waals surface area contributed by atoms with Crippen molar-refractivity contribution in [1.29, 1.82) is 0 Å². The zero-order chi connectivity index (χ0) is 21.7. The monoisotopic (exact) mass is 436 g/mol. The van der Waals surface area contributed by atoms with E-state index in [1.165, 1.54) is 0 Å². The lowest BCUT2D eigenvalue weighted by Crippen LogP contribution is -2.35. The Labute approximate surface area is 181 Å². The molecule has 3 aromatic rings. The van der Waals surface area contributed by atoms with Crippen LogP contribution in [0.25, 0.3) is 12.2 Å². The Balaban J connectivity index is 1.41. The largest absolute Gasteiger partial charge is 0.507 e. The number of aromatic nitrogens is 2. The van der Waals surface area contributed by atoms with E-state index in [2.05, 4.69) is 20.6 Å². The highest BCUT2D eigenvalue weighted by molar-refractivity contribution is 7.92. The predicted octanol–water partition coefficient (Wildman–Crippen LogP) is 3.62. The van der Waals surface area contributed by atoms with Crippen molar-refractivity contribution in [2.45, 2.75) is 23.0 Å². The van der Waals surface area contributed by atoms with Gasteiger partial charge in [0.05, 0.1) is 10.1 Å². The molecule has 1 aliphatic heterocycles. The summed E-state index contributed by atoms with van der Waals surface area (Å²) in [6, 6.07) is 13.8. The molecule has 3 N–H and O–H groups in total. The van der Waals surface area contributed by atoms with E-state index in [0.717, 1.165) is 18.7 Å². The molecule has 1 fully saturated rings. The van der Waals surface area contributed by atoms with Gasteiger partial charge >= 0.3 is 0 Å². The van der Waals surface area contributed by atoms with E-state index >= 15 is 0 Å². The van der Waals surface area contributed by atoms with E-state index < -0.39 is 9.84 Å². The Kier molecular flexibility index (Phi) is 6.29. The first kappa shape index (κ1) is 21.0. The first-order valence-electron chi connectivity index (χ1n) is 10.1. The number of anilines is 2. The molecule has 0 saturated carbocycles. The van der Waals surface area contributed by atoms with Crippen molar-refractivity contribution in [1.82, 2.24) is 15.3 Å². The van der Waals surface area contributed by atoms with Crippen molar-refractivity contribution in [2.75, 3.05) is 18.4 Å². The number of para-hydroxylation sites is 1. The van der Waals surface area contributed by atoms with E-state index in [-0.39, 0.29) is 11.0 Å². The summed E-state index contributed by atoms with van der Waals surface area (Å²) in [4.78, 5) is 8.93. The molecule has 0 bridgehead atoms. The smallest absolute Gasteiger partial charge is 0.227 e. The van der Waals surface area contributed by atoms with Gasteiger partial charge in [0.15, 0.2) is 9.84 Å². The second-order valence-electron chi connectivity index (χ2n) is 7.38. The topological polar surface area (TPSA) is 104 Å². The quantitative estimate of drug-likeness (QED) is 0.542. The first-order valence-corrected chi connectivity index (χ1v) is 11.7. The van der Waals surface area contributed by atoms with Crippen LogP contribution in [0.15, 0.2) is 65.8 Å². The maximum atomic E-state index is 12.8. The highest BCUT2D eigenvalue weighted by Gasteiger charge is 2.28. The summed E-state index contributed by atoms with van der Waals surface area (Å²) >= 11 is 0. The molecule has 1 aliphatic rings. The molecule has 1 saturated heterocycles. The van der Waals surface area contributed by atoms with Crippen molar-refractivity contribution >= 4 is 33.6 Å². The number of phenols is 1. The van der Waals surface area contributed by atoms with Crippen molar-refractivity contribution in [3.05, 3.63) is 72.1 Å². The average Bonchev–Trinajstić information content (AvgIpc) is 2.80. The molecule has 2 heterocycles. The second kappa shape index (κ2) is 9.28. The van der Waals surface area contributed by atoms with Crippen LogP contribution in [-0.4, -0.2) is 41.8 Å². The van der Waals surface area contributed by atoms with E-state index in [1.807, 2.05) is 18.2 Å². The van der Waals surface area contributed by atoms with Crippen LogP contribution in [0, 0.1) is 0 Å². The van der Waals surface area contributed by atoms with Gasteiger partial charge in [0.25, 0.3) is 0 Å². The Bertz CT molecular complexity index is 1150. The van der Waals surface area contributed by atoms with Gasteiger partial charge in [0.1, 0.15) is 5.75 Å². The van der Waals surface area contributed by atoms with Crippen LogP contribution in [0.5, 0.6) is 5.75 Å². The number of hydrogen-bond acceptors (Lipinski definition) is 7. The zero-order valence-electron chi connectivity index (χ0n) is 16.9. The number of piperidine rings is 1. The Morgan fingerprint density at radius 2 is 1.65 bits per heavy atom. The molecule has 1 aromatic heterocycles. The molecule has 8 heteroatoms. The van der Waals surface area contributed by atoms with Gasteiger partial charge in [0.2, 0.25) is 5.95 Å². The minimum Gasteiger partial charge on any atom is -0.507 e. The van der Waals surface area contributed by atoms with Gasteiger partial charge < -0.3 is 15.7 Å². The Morgan fingerprint density at radius 1 is 0.968 bits per heavy atom. The molecule has 0 atom stereocenters. The summed E-state index contributed by atoms with van der Waals surface area (Å²) in [5, 5.41) is 15.8. The van der Waals surface area contributed by atoms with Gasteiger partial charge in [0, 0.05) is 29.2 Å². The highest BCUT2D eigenvalue weighted by atomic mass is 32.2. The van der Waals surface area contributed by atoms with Gasteiger partial charge in [-0.1, -0.05) is 30.4 Å². The molecule has 160 valence electrons. The number of phenolic OH excluding ortho intramolecular Hbond substituents is 1. The summed E-state index contributed by atoms with van der Waals surface area (Å²) < 4.78 is 25.6. The minimum absolute atomic E-state index is 0.212. The number of aromatic hydroxyl groups is 1. The molecule has 7 nitrogen and oxygen atoms in total. The third-order valence-electron chi connectivity index (χ3n) is 5.23. The van der Waals surface area contributed by atoms with Crippen LogP contribution in [0.4, 0.5) is 11.6 Å². The summed E-state index contributed by atoms with van der Waals surface area (Å²) in [5.74, 6) is 0.622. The van der Waals surface area contributed by atoms with E-state index in [4.69, 9.17) is 0 Å². The fraction of sp³-hybridized carbons (Fsp3) is 0.217. The Hall–Kier alpha value is -3.23. The Morgan fingerprint density at radius 3 is 2.32 bits per heavy atom. The zero-order valence-corrected chi connectivity index (χ0v) is 17.7. The predicted molar refractivity (Wildman–Crippen MR) is 122 cm³/mol. The summed E-state index contributed by atoms with van der Waals surface area (Å²) in [5.41, 5.74) is 2.21. The number of nitrogens with zero attached hydrogens (tertiary/aromatic N) is 2. The number of nitrogens with one attached hydrogen (secondary N) is 2. The number of hydrogen-bond donors (Lipinski definition) is 3. The van der Waals surface area contributed by atoms with Crippen LogP contribution in [-0.2, 0) is 9.84 Å². The summed E-state index contributed by atoms with van der Waals surface area (Å²) in [7, 11) is -3.31. The summed E-state index contributed by atoms with van der Waals surface area (Å²) in [6.07, 6.45) is 8.23. The SMILES string of the molecule is O=S(=O)(c1ccc(Nc2ncc(C=Cc3ccccc3O)cn2)cc1)C1CCNCC1. The van der Waals surface area contributed by atoms with Crippen LogP contribution < -0.4 is 10.6 Å². The fourth-order valence-electron chi connectivity index (χ4n) is 3.46. The maximum absolute atomic E-state index is 12.8. The van der Waals surface area contributed by atoms with Crippen LogP contribution >= 0.6 is 0 Å². The third-order valence-corrected chi connectivity index (χ3v) is 7.51. The van der Waals surface area contributed by atoms with Crippen LogP contribution in [0.2, 0.25) is 0 Å². The molecular weight excluding hydrogens is 412 g/mol. The lowest BCUT2D eigenvalue weighted by Gasteiger charge is -2.22. The molecule has 0 unspecified atom stereocenters. The van der Waals surface area contributed by atoms with Crippen molar-refractivity contribution in [2.24, 2.45) is 0 Å². The number of rotatable bonds is 6. The van der Waals surface area contributed by atoms with Gasteiger partial charge in [-0.05, 0) is 56.3 Å².